The first kappa shape index (κ1) is 27.5. The molecule has 1 fully saturated rings. The second-order valence-corrected chi connectivity index (χ2v) is 11.4. The Balaban J connectivity index is 1.47. The van der Waals surface area contributed by atoms with Crippen molar-refractivity contribution in [2.24, 2.45) is 11.7 Å². The standard InChI is InChI=1S/C32H38ClN5O/c1-22-10-12-25(13-11-22)32(35-20-27(37-32)9-6-16-34)19-23(2)17-30-36-29-18-26(33)14-15-28(29)31(39)38(30)21-24-7-4-3-5-8-24/h3-5,7-8,10-15,18,23,27,35,37H,6,9,16-17,19-21,34H2,1-2H3/t23-,27-,32?/m0/s1. The zero-order chi connectivity index (χ0) is 27.4. The van der Waals surface area contributed by atoms with Crippen LogP contribution in [0.15, 0.2) is 77.6 Å². The topological polar surface area (TPSA) is 85.0 Å². The second kappa shape index (κ2) is 12.0. The lowest BCUT2D eigenvalue weighted by Crippen LogP contribution is -2.48. The van der Waals surface area contributed by atoms with Crippen LogP contribution in [-0.2, 0) is 18.6 Å². The molecule has 204 valence electrons. The van der Waals surface area contributed by atoms with Crippen LogP contribution in [0.1, 0.15) is 48.7 Å². The third-order valence-corrected chi connectivity index (χ3v) is 8.00. The maximum atomic E-state index is 13.7. The fourth-order valence-corrected chi connectivity index (χ4v) is 5.96. The lowest BCUT2D eigenvalue weighted by atomic mass is 9.87. The minimum Gasteiger partial charge on any atom is -0.330 e. The van der Waals surface area contributed by atoms with Crippen molar-refractivity contribution in [2.45, 2.75) is 57.8 Å². The van der Waals surface area contributed by atoms with Gasteiger partial charge in [-0.1, -0.05) is 78.7 Å². The molecule has 4 aromatic rings. The first-order chi connectivity index (χ1) is 18.9. The van der Waals surface area contributed by atoms with Crippen LogP contribution in [0.5, 0.6) is 0 Å². The SMILES string of the molecule is Cc1ccc(C2(C[C@@H](C)Cc3nc4cc(Cl)ccc4c(=O)n3Cc3ccccc3)NC[C@H](CCCN)N2)cc1. The summed E-state index contributed by atoms with van der Waals surface area (Å²) >= 11 is 6.29. The summed E-state index contributed by atoms with van der Waals surface area (Å²) < 4.78 is 1.83. The number of hydrogen-bond acceptors (Lipinski definition) is 5. The molecule has 0 radical (unpaired) electrons. The van der Waals surface area contributed by atoms with E-state index in [9.17, 15) is 4.79 Å². The van der Waals surface area contributed by atoms with E-state index in [0.29, 0.717) is 41.5 Å². The molecule has 0 bridgehead atoms. The molecule has 1 aromatic heterocycles. The van der Waals surface area contributed by atoms with Crippen molar-refractivity contribution in [3.63, 3.8) is 0 Å². The van der Waals surface area contributed by atoms with E-state index in [-0.39, 0.29) is 17.1 Å². The molecule has 0 aliphatic carbocycles. The number of aryl methyl sites for hydroxylation is 1. The van der Waals surface area contributed by atoms with Crippen LogP contribution in [0, 0.1) is 12.8 Å². The molecule has 0 saturated carbocycles. The van der Waals surface area contributed by atoms with Crippen molar-refractivity contribution in [3.8, 4) is 0 Å². The Kier molecular flexibility index (Phi) is 8.48. The predicted octanol–water partition coefficient (Wildman–Crippen LogP) is 5.13. The number of fused-ring (bicyclic) bond motifs is 1. The van der Waals surface area contributed by atoms with Crippen molar-refractivity contribution >= 4 is 22.5 Å². The molecule has 7 heteroatoms. The molecule has 39 heavy (non-hydrogen) atoms. The van der Waals surface area contributed by atoms with Crippen molar-refractivity contribution in [2.75, 3.05) is 13.1 Å². The van der Waals surface area contributed by atoms with E-state index < -0.39 is 0 Å². The average molecular weight is 544 g/mol. The van der Waals surface area contributed by atoms with E-state index >= 15 is 0 Å². The van der Waals surface area contributed by atoms with Gasteiger partial charge >= 0.3 is 0 Å². The van der Waals surface area contributed by atoms with Crippen LogP contribution >= 0.6 is 11.6 Å². The predicted molar refractivity (Wildman–Crippen MR) is 160 cm³/mol. The monoisotopic (exact) mass is 543 g/mol. The molecule has 4 N–H and O–H groups in total. The number of benzene rings is 3. The maximum absolute atomic E-state index is 13.7. The number of rotatable bonds is 10. The van der Waals surface area contributed by atoms with Crippen molar-refractivity contribution in [1.29, 1.82) is 0 Å². The molecule has 0 spiro atoms. The van der Waals surface area contributed by atoms with Gasteiger partial charge in [-0.05, 0) is 68.0 Å². The molecule has 5 rings (SSSR count). The first-order valence-electron chi connectivity index (χ1n) is 13.9. The van der Waals surface area contributed by atoms with Crippen LogP contribution in [0.4, 0.5) is 0 Å². The highest BCUT2D eigenvalue weighted by atomic mass is 35.5. The van der Waals surface area contributed by atoms with Crippen LogP contribution in [0.2, 0.25) is 5.02 Å². The van der Waals surface area contributed by atoms with Gasteiger partial charge < -0.3 is 5.73 Å². The van der Waals surface area contributed by atoms with Gasteiger partial charge in [0.1, 0.15) is 5.82 Å². The molecule has 1 unspecified atom stereocenters. The third kappa shape index (κ3) is 6.25. The molecule has 1 aliphatic heterocycles. The van der Waals surface area contributed by atoms with Gasteiger partial charge in [-0.25, -0.2) is 4.98 Å². The zero-order valence-corrected chi connectivity index (χ0v) is 23.5. The zero-order valence-electron chi connectivity index (χ0n) is 22.8. The quantitative estimate of drug-likeness (QED) is 0.258. The number of nitrogens with one attached hydrogen (secondary N) is 2. The van der Waals surface area contributed by atoms with E-state index in [2.05, 4.69) is 48.7 Å². The van der Waals surface area contributed by atoms with Gasteiger partial charge in [0.2, 0.25) is 0 Å². The number of nitrogens with two attached hydrogens (primary N) is 1. The Labute approximate surface area is 235 Å². The highest BCUT2D eigenvalue weighted by molar-refractivity contribution is 6.31. The summed E-state index contributed by atoms with van der Waals surface area (Å²) in [4.78, 5) is 18.7. The minimum absolute atomic E-state index is 0.0325. The fourth-order valence-electron chi connectivity index (χ4n) is 5.79. The molecule has 6 nitrogen and oxygen atoms in total. The number of aromatic nitrogens is 2. The highest BCUT2D eigenvalue weighted by Gasteiger charge is 2.40. The van der Waals surface area contributed by atoms with Gasteiger partial charge in [-0.15, -0.1) is 0 Å². The highest BCUT2D eigenvalue weighted by Crippen LogP contribution is 2.32. The molecule has 3 atom stereocenters. The Bertz CT molecular complexity index is 1470. The van der Waals surface area contributed by atoms with Gasteiger partial charge in [0.15, 0.2) is 0 Å². The molecule has 1 aliphatic rings. The Morgan fingerprint density at radius 2 is 1.90 bits per heavy atom. The summed E-state index contributed by atoms with van der Waals surface area (Å²) in [6.45, 7) is 6.43. The lowest BCUT2D eigenvalue weighted by Gasteiger charge is -2.34. The van der Waals surface area contributed by atoms with Gasteiger partial charge in [0.25, 0.3) is 5.56 Å². The minimum atomic E-state index is -0.350. The summed E-state index contributed by atoms with van der Waals surface area (Å²) in [5.74, 6) is 1.01. The molecule has 3 aromatic carbocycles. The number of nitrogens with zero attached hydrogens (tertiary/aromatic N) is 2. The average Bonchev–Trinajstić information content (AvgIpc) is 3.34. The Hall–Kier alpha value is -3.03. The number of hydrogen-bond donors (Lipinski definition) is 3. The van der Waals surface area contributed by atoms with Gasteiger partial charge in [-0.2, -0.15) is 0 Å². The van der Waals surface area contributed by atoms with Crippen LogP contribution in [0.3, 0.4) is 0 Å². The summed E-state index contributed by atoms with van der Waals surface area (Å²) in [7, 11) is 0. The molecule has 2 heterocycles. The fraction of sp³-hybridized carbons (Fsp3) is 0.375. The molecule has 0 amide bonds. The first-order valence-corrected chi connectivity index (χ1v) is 14.3. The second-order valence-electron chi connectivity index (χ2n) is 11.0. The van der Waals surface area contributed by atoms with E-state index in [1.165, 1.54) is 11.1 Å². The largest absolute Gasteiger partial charge is 0.330 e. The summed E-state index contributed by atoms with van der Waals surface area (Å²) in [6, 6.07) is 24.5. The Morgan fingerprint density at radius 3 is 2.64 bits per heavy atom. The van der Waals surface area contributed by atoms with Crippen LogP contribution < -0.4 is 21.9 Å². The van der Waals surface area contributed by atoms with Crippen LogP contribution in [-0.4, -0.2) is 28.7 Å². The molecule has 1 saturated heterocycles. The van der Waals surface area contributed by atoms with E-state index in [0.717, 1.165) is 37.2 Å². The number of halogens is 1. The van der Waals surface area contributed by atoms with Gasteiger partial charge in [-0.3, -0.25) is 20.0 Å². The smallest absolute Gasteiger partial charge is 0.261 e. The van der Waals surface area contributed by atoms with Crippen molar-refractivity contribution < 1.29 is 0 Å². The summed E-state index contributed by atoms with van der Waals surface area (Å²) in [6.07, 6.45) is 3.54. The normalized spacial score (nSPS) is 19.9. The summed E-state index contributed by atoms with van der Waals surface area (Å²) in [5, 5.41) is 8.91. The van der Waals surface area contributed by atoms with E-state index in [1.807, 2.05) is 34.9 Å². The maximum Gasteiger partial charge on any atom is 0.261 e. The van der Waals surface area contributed by atoms with Crippen LogP contribution in [0.25, 0.3) is 10.9 Å². The Morgan fingerprint density at radius 1 is 1.13 bits per heavy atom. The summed E-state index contributed by atoms with van der Waals surface area (Å²) in [5.41, 5.74) is 9.61. The third-order valence-electron chi connectivity index (χ3n) is 7.77. The van der Waals surface area contributed by atoms with E-state index in [4.69, 9.17) is 22.3 Å². The molecular formula is C32H38ClN5O. The molecular weight excluding hydrogens is 506 g/mol. The van der Waals surface area contributed by atoms with Gasteiger partial charge in [0, 0.05) is 24.0 Å². The van der Waals surface area contributed by atoms with Gasteiger partial charge in [0.05, 0.1) is 23.1 Å². The van der Waals surface area contributed by atoms with Crippen molar-refractivity contribution in [3.05, 3.63) is 111 Å². The van der Waals surface area contributed by atoms with E-state index in [1.54, 1.807) is 18.2 Å². The van der Waals surface area contributed by atoms with Crippen molar-refractivity contribution in [1.82, 2.24) is 20.2 Å². The lowest BCUT2D eigenvalue weighted by molar-refractivity contribution is 0.253.